The highest BCUT2D eigenvalue weighted by atomic mass is 35.5. The Labute approximate surface area is 278 Å². The highest BCUT2D eigenvalue weighted by Gasteiger charge is 2.37. The lowest BCUT2D eigenvalue weighted by Gasteiger charge is -2.16. The monoisotopic (exact) mass is 699 g/mol. The van der Waals surface area contributed by atoms with E-state index >= 15 is 0 Å². The number of nitrogens with one attached hydrogen (secondary N) is 2. The molecule has 6 aromatic rings. The predicted octanol–water partition coefficient (Wildman–Crippen LogP) is 6.62. The molecule has 6 rings (SSSR count). The minimum Gasteiger partial charge on any atom is -0.348 e. The Morgan fingerprint density at radius 3 is 2.36 bits per heavy atom. The van der Waals surface area contributed by atoms with Crippen LogP contribution < -0.4 is 10.6 Å². The molecule has 0 bridgehead atoms. The number of amides is 2. The number of halogens is 6. The zero-order chi connectivity index (χ0) is 33.3. The number of hydrogen-bond donors (Lipinski definition) is 2. The first-order valence-electron chi connectivity index (χ1n) is 13.6. The van der Waals surface area contributed by atoms with Crippen molar-refractivity contribution in [2.24, 2.45) is 0 Å². The summed E-state index contributed by atoms with van der Waals surface area (Å²) in [6.45, 7) is -0.287. The van der Waals surface area contributed by atoms with E-state index < -0.39 is 23.8 Å². The number of nitrogens with zero attached hydrogens (tertiary/aromatic N) is 7. The molecular formula is C30H19Cl3F3N9O2. The van der Waals surface area contributed by atoms with Gasteiger partial charge < -0.3 is 10.6 Å². The molecule has 0 aliphatic heterocycles. The Balaban J connectivity index is 1.38. The Morgan fingerprint density at radius 1 is 0.872 bits per heavy atom. The third-order valence-corrected chi connectivity index (χ3v) is 7.86. The van der Waals surface area contributed by atoms with Crippen LogP contribution in [0.25, 0.3) is 16.6 Å². The van der Waals surface area contributed by atoms with Gasteiger partial charge in [-0.15, -0.1) is 10.2 Å². The normalized spacial score (nSPS) is 11.5. The molecule has 47 heavy (non-hydrogen) atoms. The minimum absolute atomic E-state index is 0.00112. The maximum Gasteiger partial charge on any atom is 0.455 e. The summed E-state index contributed by atoms with van der Waals surface area (Å²) in [4.78, 5) is 32.4. The summed E-state index contributed by atoms with van der Waals surface area (Å²) in [6.07, 6.45) is -3.39. The third-order valence-electron chi connectivity index (χ3n) is 6.81. The van der Waals surface area contributed by atoms with Gasteiger partial charge in [0, 0.05) is 23.2 Å². The average Bonchev–Trinajstić information content (AvgIpc) is 3.70. The molecule has 0 aliphatic carbocycles. The number of hydrogen-bond acceptors (Lipinski definition) is 7. The second-order valence-electron chi connectivity index (χ2n) is 9.95. The first-order valence-corrected chi connectivity index (χ1v) is 14.7. The van der Waals surface area contributed by atoms with Crippen molar-refractivity contribution in [3.63, 3.8) is 0 Å². The fourth-order valence-corrected chi connectivity index (χ4v) is 5.35. The fourth-order valence-electron chi connectivity index (χ4n) is 4.63. The van der Waals surface area contributed by atoms with Gasteiger partial charge in [-0.2, -0.15) is 23.1 Å². The van der Waals surface area contributed by atoms with Gasteiger partial charge in [0.2, 0.25) is 0 Å². The predicted molar refractivity (Wildman–Crippen MR) is 168 cm³/mol. The second-order valence-corrected chi connectivity index (χ2v) is 11.1. The molecule has 3 aromatic heterocycles. The number of carbonyl (C=O) groups excluding carboxylic acids is 2. The lowest BCUT2D eigenvalue weighted by molar-refractivity contribution is -0.145. The number of tetrazole rings is 1. The zero-order valence-electron chi connectivity index (χ0n) is 23.6. The summed E-state index contributed by atoms with van der Waals surface area (Å²) in [5, 5.41) is 21.6. The molecule has 0 saturated carbocycles. The summed E-state index contributed by atoms with van der Waals surface area (Å²) in [6, 6.07) is 20.0. The summed E-state index contributed by atoms with van der Waals surface area (Å²) in [5.41, 5.74) is 0.672. The Morgan fingerprint density at radius 2 is 1.62 bits per heavy atom. The van der Waals surface area contributed by atoms with Crippen LogP contribution in [0.3, 0.4) is 0 Å². The number of alkyl halides is 3. The van der Waals surface area contributed by atoms with E-state index in [0.717, 1.165) is 4.68 Å². The number of rotatable bonds is 8. The number of anilines is 1. The van der Waals surface area contributed by atoms with Crippen LogP contribution in [0.1, 0.15) is 37.9 Å². The fraction of sp³-hybridized carbons (Fsp3) is 0.100. The molecule has 0 unspecified atom stereocenters. The van der Waals surface area contributed by atoms with Crippen molar-refractivity contribution in [2.45, 2.75) is 19.3 Å². The van der Waals surface area contributed by atoms with Gasteiger partial charge >= 0.3 is 6.18 Å². The van der Waals surface area contributed by atoms with Gasteiger partial charge in [-0.3, -0.25) is 9.59 Å². The molecule has 0 saturated heterocycles. The maximum atomic E-state index is 14.0. The van der Waals surface area contributed by atoms with Gasteiger partial charge in [-0.25, -0.2) is 9.67 Å². The molecule has 0 fully saturated rings. The van der Waals surface area contributed by atoms with E-state index in [1.54, 1.807) is 60.7 Å². The number of aromatic nitrogens is 7. The number of benzene rings is 3. The summed E-state index contributed by atoms with van der Waals surface area (Å²) in [7, 11) is 0. The van der Waals surface area contributed by atoms with E-state index in [1.807, 2.05) is 0 Å². The molecule has 2 N–H and O–H groups in total. The van der Waals surface area contributed by atoms with Crippen molar-refractivity contribution in [2.75, 3.05) is 5.32 Å². The van der Waals surface area contributed by atoms with E-state index in [1.165, 1.54) is 18.3 Å². The maximum absolute atomic E-state index is 14.0. The van der Waals surface area contributed by atoms with E-state index in [9.17, 15) is 22.8 Å². The first-order chi connectivity index (χ1) is 22.5. The number of fused-ring (bicyclic) bond motifs is 1. The van der Waals surface area contributed by atoms with Crippen LogP contribution in [-0.2, 0) is 19.3 Å². The Kier molecular flexibility index (Phi) is 8.82. The smallest absolute Gasteiger partial charge is 0.348 e. The molecule has 11 nitrogen and oxygen atoms in total. The molecular weight excluding hydrogens is 682 g/mol. The summed E-state index contributed by atoms with van der Waals surface area (Å²) in [5.74, 6) is -2.72. The molecule has 3 heterocycles. The lowest BCUT2D eigenvalue weighted by Crippen LogP contribution is -2.26. The second kappa shape index (κ2) is 13.0. The molecule has 0 radical (unpaired) electrons. The summed E-state index contributed by atoms with van der Waals surface area (Å²) < 4.78 is 40.2. The highest BCUT2D eigenvalue weighted by Crippen LogP contribution is 2.35. The number of pyridine rings is 1. The molecule has 238 valence electrons. The average molecular weight is 701 g/mol. The van der Waals surface area contributed by atoms with Crippen LogP contribution in [0.2, 0.25) is 15.1 Å². The van der Waals surface area contributed by atoms with Crippen LogP contribution >= 0.6 is 34.8 Å². The standard InChI is InChI=1S/C30H19Cl3F3N9O2/c31-21-9-4-2-7-17(21)14-38-27(46)20-12-16-6-1-3-8-19(16)24(33)25(20)39-28(47)23-13-18(15-44-42-29(40-43-44)30(34,35)36)41-45(23)26-22(32)10-5-11-37-26/h1-13H,14-15H2,(H,38,46)(H,39,47). The quantitative estimate of drug-likeness (QED) is 0.183. The lowest BCUT2D eigenvalue weighted by atomic mass is 10.0. The van der Waals surface area contributed by atoms with Gasteiger partial charge in [0.25, 0.3) is 17.6 Å². The van der Waals surface area contributed by atoms with Gasteiger partial charge in [-0.1, -0.05) is 77.3 Å². The van der Waals surface area contributed by atoms with E-state index in [-0.39, 0.29) is 51.6 Å². The van der Waals surface area contributed by atoms with Gasteiger partial charge in [0.1, 0.15) is 12.2 Å². The molecule has 2 amide bonds. The molecule has 0 spiro atoms. The first kappa shape index (κ1) is 31.9. The van der Waals surface area contributed by atoms with Crippen molar-refractivity contribution in [1.82, 2.24) is 40.3 Å². The van der Waals surface area contributed by atoms with Crippen molar-refractivity contribution >= 4 is 63.1 Å². The van der Waals surface area contributed by atoms with Crippen molar-refractivity contribution in [3.05, 3.63) is 122 Å². The SMILES string of the molecule is O=C(NCc1ccccc1Cl)c1cc2ccccc2c(Cl)c1NC(=O)c1cc(Cn2nnc(C(F)(F)F)n2)nn1-c1ncccc1Cl. The van der Waals surface area contributed by atoms with Crippen molar-refractivity contribution < 1.29 is 22.8 Å². The van der Waals surface area contributed by atoms with Crippen molar-refractivity contribution in [1.29, 1.82) is 0 Å². The highest BCUT2D eigenvalue weighted by molar-refractivity contribution is 6.40. The van der Waals surface area contributed by atoms with Crippen LogP contribution in [-0.4, -0.2) is 46.8 Å². The van der Waals surface area contributed by atoms with Gasteiger partial charge in [0.05, 0.1) is 27.0 Å². The Hall–Kier alpha value is -5.05. The van der Waals surface area contributed by atoms with Crippen molar-refractivity contribution in [3.8, 4) is 5.82 Å². The number of carbonyl (C=O) groups is 2. The summed E-state index contributed by atoms with van der Waals surface area (Å²) >= 11 is 19.4. The van der Waals surface area contributed by atoms with Crippen LogP contribution in [0, 0.1) is 0 Å². The molecule has 3 aromatic carbocycles. The molecule has 0 aliphatic rings. The van der Waals surface area contributed by atoms with Crippen LogP contribution in [0.5, 0.6) is 0 Å². The van der Waals surface area contributed by atoms with Gasteiger partial charge in [-0.05, 0) is 46.5 Å². The van der Waals surface area contributed by atoms with Gasteiger partial charge in [0.15, 0.2) is 5.82 Å². The zero-order valence-corrected chi connectivity index (χ0v) is 25.9. The van der Waals surface area contributed by atoms with E-state index in [4.69, 9.17) is 34.8 Å². The minimum atomic E-state index is -4.80. The van der Waals surface area contributed by atoms with E-state index in [0.29, 0.717) is 26.2 Å². The largest absolute Gasteiger partial charge is 0.455 e. The third kappa shape index (κ3) is 6.75. The van der Waals surface area contributed by atoms with Crippen LogP contribution in [0.4, 0.5) is 18.9 Å². The molecule has 0 atom stereocenters. The molecule has 17 heteroatoms. The van der Waals surface area contributed by atoms with E-state index in [2.05, 4.69) is 36.1 Å². The Bertz CT molecular complexity index is 2150. The van der Waals surface area contributed by atoms with Crippen LogP contribution in [0.15, 0.2) is 79.0 Å². The topological polar surface area (TPSA) is 133 Å².